The Morgan fingerprint density at radius 1 is 1.21 bits per heavy atom. The minimum absolute atomic E-state index is 0.112. The number of carboxylic acids is 1. The van der Waals surface area contributed by atoms with E-state index in [0.717, 1.165) is 22.8 Å². The first-order valence-electron chi connectivity index (χ1n) is 9.31. The van der Waals surface area contributed by atoms with E-state index in [1.807, 2.05) is 48.7 Å². The quantitative estimate of drug-likeness (QED) is 0.797. The molecule has 1 aromatic heterocycles. The number of nitrogens with one attached hydrogen (secondary N) is 1. The second-order valence-electron chi connectivity index (χ2n) is 7.24. The lowest BCUT2D eigenvalue weighted by atomic mass is 9.86. The first-order chi connectivity index (χ1) is 13.3. The third-order valence-electron chi connectivity index (χ3n) is 5.32. The molecule has 7 nitrogen and oxygen atoms in total. The third-order valence-corrected chi connectivity index (χ3v) is 5.32. The number of ether oxygens (including phenoxy) is 2. The Morgan fingerprint density at radius 3 is 2.43 bits per heavy atom. The molecule has 1 amide bonds. The van der Waals surface area contributed by atoms with Crippen molar-refractivity contribution in [1.29, 1.82) is 0 Å². The Bertz CT molecular complexity index is 864. The fourth-order valence-corrected chi connectivity index (χ4v) is 3.83. The molecule has 2 heterocycles. The van der Waals surface area contributed by atoms with Crippen molar-refractivity contribution in [3.8, 4) is 11.4 Å². The average molecular weight is 386 g/mol. The van der Waals surface area contributed by atoms with Gasteiger partial charge in [-0.1, -0.05) is 0 Å². The lowest BCUT2D eigenvalue weighted by Crippen LogP contribution is -2.53. The van der Waals surface area contributed by atoms with Gasteiger partial charge in [-0.05, 0) is 57.0 Å². The second kappa shape index (κ2) is 8.06. The summed E-state index contributed by atoms with van der Waals surface area (Å²) in [5.41, 5.74) is 2.43. The highest BCUT2D eigenvalue weighted by Gasteiger charge is 2.37. The molecule has 2 N–H and O–H groups in total. The van der Waals surface area contributed by atoms with Gasteiger partial charge in [-0.2, -0.15) is 0 Å². The Labute approximate surface area is 164 Å². The fourth-order valence-electron chi connectivity index (χ4n) is 3.83. The summed E-state index contributed by atoms with van der Waals surface area (Å²) in [6, 6.07) is 9.45. The Hall–Kier alpha value is -2.80. The second-order valence-corrected chi connectivity index (χ2v) is 7.24. The fraction of sp³-hybridized carbons (Fsp3) is 0.429. The predicted octanol–water partition coefficient (Wildman–Crippen LogP) is 2.86. The zero-order chi connectivity index (χ0) is 20.3. The molecule has 0 atom stereocenters. The van der Waals surface area contributed by atoms with Gasteiger partial charge in [-0.15, -0.1) is 0 Å². The summed E-state index contributed by atoms with van der Waals surface area (Å²) in [4.78, 5) is 24.4. The smallest absolute Gasteiger partial charge is 0.305 e. The van der Waals surface area contributed by atoms with Crippen LogP contribution >= 0.6 is 0 Å². The highest BCUT2D eigenvalue weighted by Crippen LogP contribution is 2.27. The normalized spacial score (nSPS) is 15.8. The Kier molecular flexibility index (Phi) is 5.74. The number of nitrogens with zero attached hydrogens (tertiary/aromatic N) is 1. The van der Waals surface area contributed by atoms with Crippen molar-refractivity contribution < 1.29 is 24.2 Å². The van der Waals surface area contributed by atoms with Gasteiger partial charge in [0.05, 0.1) is 24.6 Å². The minimum atomic E-state index is -0.925. The third kappa shape index (κ3) is 4.04. The number of rotatable bonds is 6. The standard InChI is InChI=1S/C21H26N2O5/c1-14-12-18(15(2)23(14)16-4-6-17(27-3)7-5-16)20(26)22-21(13-19(24)25)8-10-28-11-9-21/h4-7,12H,8-11,13H2,1-3H3,(H,22,26)(H,24,25). The highest BCUT2D eigenvalue weighted by atomic mass is 16.5. The van der Waals surface area contributed by atoms with Gasteiger partial charge in [0.1, 0.15) is 5.75 Å². The van der Waals surface area contributed by atoms with E-state index >= 15 is 0 Å². The first-order valence-corrected chi connectivity index (χ1v) is 9.31. The van der Waals surface area contributed by atoms with Crippen LogP contribution in [-0.2, 0) is 9.53 Å². The van der Waals surface area contributed by atoms with Crippen LogP contribution in [0.25, 0.3) is 5.69 Å². The van der Waals surface area contributed by atoms with Crippen LogP contribution < -0.4 is 10.1 Å². The Morgan fingerprint density at radius 2 is 1.86 bits per heavy atom. The molecule has 1 fully saturated rings. The number of benzene rings is 1. The van der Waals surface area contributed by atoms with Gasteiger partial charge >= 0.3 is 5.97 Å². The number of aromatic nitrogens is 1. The van der Waals surface area contributed by atoms with Crippen LogP contribution in [0, 0.1) is 13.8 Å². The van der Waals surface area contributed by atoms with E-state index in [1.165, 1.54) is 0 Å². The maximum atomic E-state index is 13.0. The predicted molar refractivity (Wildman–Crippen MR) is 104 cm³/mol. The van der Waals surface area contributed by atoms with Crippen molar-refractivity contribution in [2.75, 3.05) is 20.3 Å². The Balaban J connectivity index is 1.88. The number of aryl methyl sites for hydroxylation is 1. The molecule has 0 spiro atoms. The zero-order valence-electron chi connectivity index (χ0n) is 16.4. The summed E-state index contributed by atoms with van der Waals surface area (Å²) < 4.78 is 12.6. The SMILES string of the molecule is COc1ccc(-n2c(C)cc(C(=O)NC3(CC(=O)O)CCOCC3)c2C)cc1. The molecule has 0 radical (unpaired) electrons. The average Bonchev–Trinajstić information content (AvgIpc) is 2.96. The van der Waals surface area contributed by atoms with Gasteiger partial charge in [-0.3, -0.25) is 9.59 Å². The molecule has 7 heteroatoms. The van der Waals surface area contributed by atoms with Crippen molar-refractivity contribution in [2.24, 2.45) is 0 Å². The number of aliphatic carboxylic acids is 1. The van der Waals surface area contributed by atoms with Gasteiger partial charge in [0, 0.05) is 30.3 Å². The number of hydrogen-bond donors (Lipinski definition) is 2. The number of carboxylic acid groups (broad SMARTS) is 1. The lowest BCUT2D eigenvalue weighted by molar-refractivity contribution is -0.139. The largest absolute Gasteiger partial charge is 0.497 e. The maximum absolute atomic E-state index is 13.0. The number of amides is 1. The molecule has 1 saturated heterocycles. The van der Waals surface area contributed by atoms with Crippen molar-refractivity contribution >= 4 is 11.9 Å². The minimum Gasteiger partial charge on any atom is -0.497 e. The zero-order valence-corrected chi connectivity index (χ0v) is 16.4. The van der Waals surface area contributed by atoms with E-state index in [0.29, 0.717) is 31.6 Å². The van der Waals surface area contributed by atoms with E-state index in [1.54, 1.807) is 7.11 Å². The summed E-state index contributed by atoms with van der Waals surface area (Å²) >= 11 is 0. The lowest BCUT2D eigenvalue weighted by Gasteiger charge is -2.36. The topological polar surface area (TPSA) is 89.8 Å². The van der Waals surface area contributed by atoms with Gasteiger partial charge < -0.3 is 24.5 Å². The van der Waals surface area contributed by atoms with Crippen LogP contribution in [0.5, 0.6) is 5.75 Å². The number of methoxy groups -OCH3 is 1. The number of carbonyl (C=O) groups excluding carboxylic acids is 1. The van der Waals surface area contributed by atoms with Gasteiger partial charge in [-0.25, -0.2) is 0 Å². The molecule has 28 heavy (non-hydrogen) atoms. The van der Waals surface area contributed by atoms with Crippen molar-refractivity contribution in [2.45, 2.75) is 38.6 Å². The molecular weight excluding hydrogens is 360 g/mol. The maximum Gasteiger partial charge on any atom is 0.305 e. The molecule has 2 aromatic rings. The van der Waals surface area contributed by atoms with Crippen molar-refractivity contribution in [1.82, 2.24) is 9.88 Å². The molecule has 0 saturated carbocycles. The molecule has 0 unspecified atom stereocenters. The summed E-state index contributed by atoms with van der Waals surface area (Å²) in [6.07, 6.45) is 0.865. The van der Waals surface area contributed by atoms with Crippen molar-refractivity contribution in [3.05, 3.63) is 47.3 Å². The van der Waals surface area contributed by atoms with Gasteiger partial charge in [0.15, 0.2) is 0 Å². The van der Waals surface area contributed by atoms with E-state index in [-0.39, 0.29) is 12.3 Å². The van der Waals surface area contributed by atoms with Crippen LogP contribution in [-0.4, -0.2) is 47.4 Å². The van der Waals surface area contributed by atoms with Crippen LogP contribution in [0.1, 0.15) is 41.0 Å². The molecular formula is C21H26N2O5. The molecule has 0 aliphatic carbocycles. The summed E-state index contributed by atoms with van der Waals surface area (Å²) in [5, 5.41) is 12.3. The molecule has 0 bridgehead atoms. The van der Waals surface area contributed by atoms with Crippen LogP contribution in [0.2, 0.25) is 0 Å². The summed E-state index contributed by atoms with van der Waals surface area (Å²) in [7, 11) is 1.62. The molecule has 1 aliphatic heterocycles. The molecule has 1 aromatic carbocycles. The van der Waals surface area contributed by atoms with Crippen molar-refractivity contribution in [3.63, 3.8) is 0 Å². The summed E-state index contributed by atoms with van der Waals surface area (Å²) in [5.74, 6) is -0.416. The van der Waals surface area contributed by atoms with Crippen LogP contribution in [0.4, 0.5) is 0 Å². The van der Waals surface area contributed by atoms with E-state index in [9.17, 15) is 14.7 Å². The summed E-state index contributed by atoms with van der Waals surface area (Å²) in [6.45, 7) is 4.71. The highest BCUT2D eigenvalue weighted by molar-refractivity contribution is 5.96. The van der Waals surface area contributed by atoms with E-state index < -0.39 is 11.5 Å². The molecule has 3 rings (SSSR count). The van der Waals surface area contributed by atoms with Crippen LogP contribution in [0.15, 0.2) is 30.3 Å². The number of hydrogen-bond acceptors (Lipinski definition) is 4. The monoisotopic (exact) mass is 386 g/mol. The van der Waals surface area contributed by atoms with Crippen LogP contribution in [0.3, 0.4) is 0 Å². The molecule has 150 valence electrons. The molecule has 1 aliphatic rings. The van der Waals surface area contributed by atoms with Gasteiger partial charge in [0.2, 0.25) is 0 Å². The van der Waals surface area contributed by atoms with E-state index in [2.05, 4.69) is 5.32 Å². The van der Waals surface area contributed by atoms with E-state index in [4.69, 9.17) is 9.47 Å². The van der Waals surface area contributed by atoms with Gasteiger partial charge in [0.25, 0.3) is 5.91 Å². The number of carbonyl (C=O) groups is 2. The first kappa shape index (κ1) is 19.9.